The van der Waals surface area contributed by atoms with Crippen LogP contribution in [0.15, 0.2) is 30.3 Å². The second kappa shape index (κ2) is 5.12. The zero-order chi connectivity index (χ0) is 11.4. The van der Waals surface area contributed by atoms with Crippen molar-refractivity contribution >= 4 is 5.97 Å². The Balaban J connectivity index is 1.84. The number of carbonyl (C=O) groups excluding carboxylic acids is 1. The molecule has 1 aliphatic heterocycles. The van der Waals surface area contributed by atoms with Gasteiger partial charge in [0, 0.05) is 0 Å². The Bertz CT molecular complexity index is 350. The average Bonchev–Trinajstić information content (AvgIpc) is 2.74. The highest BCUT2D eigenvalue weighted by Gasteiger charge is 2.28. The molecule has 86 valence electrons. The highest BCUT2D eigenvalue weighted by atomic mass is 16.5. The summed E-state index contributed by atoms with van der Waals surface area (Å²) in [4.78, 5) is 13.8. The lowest BCUT2D eigenvalue weighted by molar-refractivity contribution is -0.149. The van der Waals surface area contributed by atoms with Crippen LogP contribution in [0.25, 0.3) is 0 Å². The maximum absolute atomic E-state index is 11.8. The van der Waals surface area contributed by atoms with Gasteiger partial charge >= 0.3 is 5.97 Å². The summed E-state index contributed by atoms with van der Waals surface area (Å²) in [5.41, 5.74) is 1.04. The Morgan fingerprint density at radius 3 is 2.81 bits per heavy atom. The molecule has 0 unspecified atom stereocenters. The number of likely N-dealkylation sites (tertiary alicyclic amines) is 1. The predicted molar refractivity (Wildman–Crippen MR) is 61.9 cm³/mol. The predicted octanol–water partition coefficient (Wildman–Crippen LogP) is 1.82. The molecule has 16 heavy (non-hydrogen) atoms. The van der Waals surface area contributed by atoms with Crippen molar-refractivity contribution in [1.29, 1.82) is 0 Å². The van der Waals surface area contributed by atoms with Crippen LogP contribution in [0.5, 0.6) is 0 Å². The number of hydrogen-bond acceptors (Lipinski definition) is 3. The molecule has 1 heterocycles. The lowest BCUT2D eigenvalue weighted by Gasteiger charge is -2.17. The molecule has 1 fully saturated rings. The quantitative estimate of drug-likeness (QED) is 0.726. The van der Waals surface area contributed by atoms with E-state index in [1.807, 2.05) is 37.4 Å². The van der Waals surface area contributed by atoms with E-state index in [0.717, 1.165) is 24.9 Å². The van der Waals surface area contributed by atoms with Gasteiger partial charge in [0.1, 0.15) is 12.6 Å². The van der Waals surface area contributed by atoms with E-state index < -0.39 is 0 Å². The standard InChI is InChI=1S/C13H17NO2/c1-14-9-5-8-12(14)13(15)16-10-11-6-3-2-4-7-11/h2-4,6-7,12H,5,8-10H2,1H3/t12-/m0/s1. The van der Waals surface area contributed by atoms with Gasteiger partial charge in [-0.25, -0.2) is 0 Å². The summed E-state index contributed by atoms with van der Waals surface area (Å²) in [7, 11) is 1.97. The van der Waals surface area contributed by atoms with Gasteiger partial charge in [-0.2, -0.15) is 0 Å². The first-order valence-electron chi connectivity index (χ1n) is 5.68. The van der Waals surface area contributed by atoms with Crippen LogP contribution in [-0.2, 0) is 16.1 Å². The van der Waals surface area contributed by atoms with Crippen LogP contribution in [0.4, 0.5) is 0 Å². The van der Waals surface area contributed by atoms with Gasteiger partial charge < -0.3 is 4.74 Å². The molecule has 0 amide bonds. The lowest BCUT2D eigenvalue weighted by Crippen LogP contribution is -2.34. The highest BCUT2D eigenvalue weighted by molar-refractivity contribution is 5.76. The zero-order valence-corrected chi connectivity index (χ0v) is 9.56. The van der Waals surface area contributed by atoms with Crippen LogP contribution >= 0.6 is 0 Å². The minimum atomic E-state index is -0.0937. The largest absolute Gasteiger partial charge is 0.460 e. The summed E-state index contributed by atoms with van der Waals surface area (Å²) < 4.78 is 5.30. The van der Waals surface area contributed by atoms with E-state index in [0.29, 0.717) is 6.61 Å². The number of nitrogens with zero attached hydrogens (tertiary/aromatic N) is 1. The SMILES string of the molecule is CN1CCC[C@H]1C(=O)OCc1ccccc1. The van der Waals surface area contributed by atoms with Gasteiger partial charge in [0.25, 0.3) is 0 Å². The molecule has 0 N–H and O–H groups in total. The van der Waals surface area contributed by atoms with Gasteiger partial charge in [-0.05, 0) is 32.0 Å². The summed E-state index contributed by atoms with van der Waals surface area (Å²) in [6.07, 6.45) is 2.01. The topological polar surface area (TPSA) is 29.5 Å². The number of esters is 1. The maximum Gasteiger partial charge on any atom is 0.323 e. The molecule has 0 aromatic heterocycles. The van der Waals surface area contributed by atoms with Crippen LogP contribution in [0, 0.1) is 0 Å². The molecular weight excluding hydrogens is 202 g/mol. The Kier molecular flexibility index (Phi) is 3.57. The van der Waals surface area contributed by atoms with Crippen molar-refractivity contribution in [3.63, 3.8) is 0 Å². The van der Waals surface area contributed by atoms with E-state index in [9.17, 15) is 4.79 Å². The summed E-state index contributed by atoms with van der Waals surface area (Å²) >= 11 is 0. The molecule has 3 nitrogen and oxygen atoms in total. The summed E-state index contributed by atoms with van der Waals surface area (Å²) in [6.45, 7) is 1.37. The molecule has 1 atom stereocenters. The first kappa shape index (κ1) is 11.1. The Labute approximate surface area is 96.0 Å². The molecule has 0 radical (unpaired) electrons. The van der Waals surface area contributed by atoms with Crippen LogP contribution in [0.1, 0.15) is 18.4 Å². The Morgan fingerprint density at radius 2 is 2.19 bits per heavy atom. The van der Waals surface area contributed by atoms with Gasteiger partial charge in [-0.3, -0.25) is 9.69 Å². The normalized spacial score (nSPS) is 20.9. The fourth-order valence-corrected chi connectivity index (χ4v) is 2.03. The zero-order valence-electron chi connectivity index (χ0n) is 9.56. The summed E-state index contributed by atoms with van der Waals surface area (Å²) in [6, 6.07) is 9.74. The van der Waals surface area contributed by atoms with Crippen LogP contribution < -0.4 is 0 Å². The van der Waals surface area contributed by atoms with Gasteiger partial charge in [0.2, 0.25) is 0 Å². The third kappa shape index (κ3) is 2.61. The number of rotatable bonds is 3. The van der Waals surface area contributed by atoms with Gasteiger partial charge in [0.15, 0.2) is 0 Å². The lowest BCUT2D eigenvalue weighted by atomic mass is 10.2. The molecule has 0 aliphatic carbocycles. The minimum absolute atomic E-state index is 0.0382. The van der Waals surface area contributed by atoms with Crippen molar-refractivity contribution in [2.45, 2.75) is 25.5 Å². The fraction of sp³-hybridized carbons (Fsp3) is 0.462. The first-order valence-corrected chi connectivity index (χ1v) is 5.68. The third-order valence-corrected chi connectivity index (χ3v) is 3.02. The molecule has 1 aromatic rings. The summed E-state index contributed by atoms with van der Waals surface area (Å²) in [5, 5.41) is 0. The van der Waals surface area contributed by atoms with Gasteiger partial charge in [0.05, 0.1) is 0 Å². The van der Waals surface area contributed by atoms with Crippen molar-refractivity contribution in [3.8, 4) is 0 Å². The molecular formula is C13H17NO2. The van der Waals surface area contributed by atoms with Crippen molar-refractivity contribution in [3.05, 3.63) is 35.9 Å². The van der Waals surface area contributed by atoms with E-state index in [-0.39, 0.29) is 12.0 Å². The third-order valence-electron chi connectivity index (χ3n) is 3.02. The number of benzene rings is 1. The van der Waals surface area contributed by atoms with E-state index in [4.69, 9.17) is 4.74 Å². The second-order valence-corrected chi connectivity index (χ2v) is 4.23. The first-order chi connectivity index (χ1) is 7.77. The minimum Gasteiger partial charge on any atom is -0.460 e. The average molecular weight is 219 g/mol. The second-order valence-electron chi connectivity index (χ2n) is 4.23. The Morgan fingerprint density at radius 1 is 1.44 bits per heavy atom. The fourth-order valence-electron chi connectivity index (χ4n) is 2.03. The monoisotopic (exact) mass is 219 g/mol. The maximum atomic E-state index is 11.8. The van der Waals surface area contributed by atoms with Crippen LogP contribution in [0.3, 0.4) is 0 Å². The van der Waals surface area contributed by atoms with E-state index in [1.54, 1.807) is 0 Å². The summed E-state index contributed by atoms with van der Waals surface area (Å²) in [5.74, 6) is -0.0937. The number of carbonyl (C=O) groups is 1. The van der Waals surface area contributed by atoms with Crippen molar-refractivity contribution in [1.82, 2.24) is 4.90 Å². The molecule has 3 heteroatoms. The number of likely N-dealkylation sites (N-methyl/N-ethyl adjacent to an activating group) is 1. The molecule has 1 aliphatic rings. The van der Waals surface area contributed by atoms with Crippen molar-refractivity contribution in [2.75, 3.05) is 13.6 Å². The van der Waals surface area contributed by atoms with E-state index in [1.165, 1.54) is 0 Å². The van der Waals surface area contributed by atoms with Crippen molar-refractivity contribution < 1.29 is 9.53 Å². The van der Waals surface area contributed by atoms with Crippen LogP contribution in [0.2, 0.25) is 0 Å². The number of ether oxygens (including phenoxy) is 1. The van der Waals surface area contributed by atoms with Crippen molar-refractivity contribution in [2.24, 2.45) is 0 Å². The molecule has 1 aromatic carbocycles. The molecule has 2 rings (SSSR count). The van der Waals surface area contributed by atoms with E-state index >= 15 is 0 Å². The van der Waals surface area contributed by atoms with Gasteiger partial charge in [-0.1, -0.05) is 30.3 Å². The molecule has 0 spiro atoms. The molecule has 0 saturated carbocycles. The van der Waals surface area contributed by atoms with Crippen LogP contribution in [-0.4, -0.2) is 30.5 Å². The van der Waals surface area contributed by atoms with E-state index in [2.05, 4.69) is 4.90 Å². The Hall–Kier alpha value is -1.35. The highest BCUT2D eigenvalue weighted by Crippen LogP contribution is 2.16. The number of hydrogen-bond donors (Lipinski definition) is 0. The molecule has 1 saturated heterocycles. The smallest absolute Gasteiger partial charge is 0.323 e. The van der Waals surface area contributed by atoms with Gasteiger partial charge in [-0.15, -0.1) is 0 Å². The molecule has 0 bridgehead atoms.